The van der Waals surface area contributed by atoms with Gasteiger partial charge in [0.05, 0.1) is 25.9 Å². The van der Waals surface area contributed by atoms with Crippen molar-refractivity contribution in [2.24, 2.45) is 0 Å². The third-order valence-electron chi connectivity index (χ3n) is 5.84. The molecule has 186 valence electrons. The van der Waals surface area contributed by atoms with Gasteiger partial charge in [-0.3, -0.25) is 9.59 Å². The SMILES string of the molecule is O=C(CCC(=O)c1ccccc1)OC[C@H]1OC=C[C@@H](OCc2ccccc2)[C@@H]1OCc1ccccc1. The summed E-state index contributed by atoms with van der Waals surface area (Å²) in [7, 11) is 0. The predicted octanol–water partition coefficient (Wildman–Crippen LogP) is 5.28. The van der Waals surface area contributed by atoms with E-state index in [-0.39, 0.29) is 31.3 Å². The average Bonchev–Trinajstić information content (AvgIpc) is 2.94. The summed E-state index contributed by atoms with van der Waals surface area (Å²) >= 11 is 0. The van der Waals surface area contributed by atoms with Crippen molar-refractivity contribution in [2.75, 3.05) is 6.61 Å². The Labute approximate surface area is 211 Å². The van der Waals surface area contributed by atoms with Crippen molar-refractivity contribution < 1.29 is 28.5 Å². The van der Waals surface area contributed by atoms with Gasteiger partial charge >= 0.3 is 5.97 Å². The minimum atomic E-state index is -0.548. The zero-order valence-electron chi connectivity index (χ0n) is 20.0. The molecule has 0 saturated carbocycles. The lowest BCUT2D eigenvalue weighted by Crippen LogP contribution is -2.46. The van der Waals surface area contributed by atoms with Gasteiger partial charge in [0.15, 0.2) is 11.9 Å². The Morgan fingerprint density at radius 1 is 0.722 bits per heavy atom. The Balaban J connectivity index is 1.34. The molecule has 36 heavy (non-hydrogen) atoms. The fourth-order valence-corrected chi connectivity index (χ4v) is 3.87. The van der Waals surface area contributed by atoms with E-state index in [4.69, 9.17) is 18.9 Å². The second-order valence-electron chi connectivity index (χ2n) is 8.50. The van der Waals surface area contributed by atoms with E-state index in [9.17, 15) is 9.59 Å². The van der Waals surface area contributed by atoms with E-state index in [1.165, 1.54) is 0 Å². The van der Waals surface area contributed by atoms with Crippen LogP contribution in [0.15, 0.2) is 103 Å². The normalized spacial score (nSPS) is 18.8. The smallest absolute Gasteiger partial charge is 0.306 e. The molecule has 0 spiro atoms. The fraction of sp³-hybridized carbons (Fsp3) is 0.267. The number of esters is 1. The maximum absolute atomic E-state index is 12.4. The third kappa shape index (κ3) is 7.63. The summed E-state index contributed by atoms with van der Waals surface area (Å²) in [5, 5.41) is 0. The summed E-state index contributed by atoms with van der Waals surface area (Å²) in [6.07, 6.45) is 2.05. The molecule has 0 unspecified atom stereocenters. The number of hydrogen-bond donors (Lipinski definition) is 0. The standard InChI is InChI=1S/C30H30O6/c31-26(25-14-8-3-9-15-25)16-17-29(32)35-22-28-30(36-21-24-12-6-2-7-13-24)27(18-19-33-28)34-20-23-10-4-1-5-11-23/h1-15,18-19,27-28,30H,16-17,20-22H2/t27-,28-,30+/m1/s1. The third-order valence-corrected chi connectivity index (χ3v) is 5.84. The first-order chi connectivity index (χ1) is 17.7. The Hall–Kier alpha value is -3.74. The van der Waals surface area contributed by atoms with E-state index in [1.807, 2.05) is 72.8 Å². The van der Waals surface area contributed by atoms with Crippen LogP contribution in [0.1, 0.15) is 34.3 Å². The van der Waals surface area contributed by atoms with Gasteiger partial charge in [0, 0.05) is 12.0 Å². The van der Waals surface area contributed by atoms with Gasteiger partial charge in [-0.05, 0) is 17.2 Å². The van der Waals surface area contributed by atoms with Gasteiger partial charge in [-0.25, -0.2) is 0 Å². The first-order valence-electron chi connectivity index (χ1n) is 12.1. The van der Waals surface area contributed by atoms with Gasteiger partial charge in [-0.1, -0.05) is 91.0 Å². The van der Waals surface area contributed by atoms with Crippen LogP contribution in [0.25, 0.3) is 0 Å². The van der Waals surface area contributed by atoms with Crippen LogP contribution < -0.4 is 0 Å². The molecule has 1 heterocycles. The van der Waals surface area contributed by atoms with Gasteiger partial charge in [0.25, 0.3) is 0 Å². The number of carbonyl (C=O) groups excluding carboxylic acids is 2. The summed E-state index contributed by atoms with van der Waals surface area (Å²) in [6.45, 7) is 0.770. The molecule has 4 rings (SSSR count). The van der Waals surface area contributed by atoms with Gasteiger partial charge in [-0.2, -0.15) is 0 Å². The number of carbonyl (C=O) groups is 2. The monoisotopic (exact) mass is 486 g/mol. The van der Waals surface area contributed by atoms with Crippen molar-refractivity contribution in [3.8, 4) is 0 Å². The van der Waals surface area contributed by atoms with Crippen LogP contribution in [-0.2, 0) is 37.0 Å². The molecule has 3 atom stereocenters. The molecule has 0 N–H and O–H groups in total. The summed E-state index contributed by atoms with van der Waals surface area (Å²) in [4.78, 5) is 24.7. The number of hydrogen-bond acceptors (Lipinski definition) is 6. The average molecular weight is 487 g/mol. The number of benzene rings is 3. The lowest BCUT2D eigenvalue weighted by atomic mass is 10.1. The summed E-state index contributed by atoms with van der Waals surface area (Å²) in [5.41, 5.74) is 2.65. The minimum Gasteiger partial charge on any atom is -0.492 e. The summed E-state index contributed by atoms with van der Waals surface area (Å²) < 4.78 is 23.6. The Morgan fingerprint density at radius 3 is 1.94 bits per heavy atom. The molecule has 1 aliphatic rings. The number of Topliss-reactive ketones (excluding diaryl/α,β-unsaturated/α-hetero) is 1. The quantitative estimate of drug-likeness (QED) is 0.256. The van der Waals surface area contributed by atoms with Crippen LogP contribution >= 0.6 is 0 Å². The van der Waals surface area contributed by atoms with Gasteiger partial charge < -0.3 is 18.9 Å². The molecule has 0 amide bonds. The molecule has 0 aliphatic carbocycles. The highest BCUT2D eigenvalue weighted by atomic mass is 16.6. The molecular formula is C30H30O6. The van der Waals surface area contributed by atoms with Crippen LogP contribution in [-0.4, -0.2) is 36.7 Å². The van der Waals surface area contributed by atoms with Crippen LogP contribution in [0.2, 0.25) is 0 Å². The van der Waals surface area contributed by atoms with Gasteiger partial charge in [0.2, 0.25) is 0 Å². The second kappa shape index (κ2) is 13.4. The van der Waals surface area contributed by atoms with E-state index < -0.39 is 18.2 Å². The molecule has 0 fully saturated rings. The summed E-state index contributed by atoms with van der Waals surface area (Å²) in [6, 6.07) is 28.6. The molecule has 6 nitrogen and oxygen atoms in total. The van der Waals surface area contributed by atoms with E-state index in [1.54, 1.807) is 30.5 Å². The van der Waals surface area contributed by atoms with Crippen LogP contribution in [0.3, 0.4) is 0 Å². The first kappa shape index (κ1) is 25.4. The van der Waals surface area contributed by atoms with Gasteiger partial charge in [-0.15, -0.1) is 0 Å². The number of ether oxygens (including phenoxy) is 4. The topological polar surface area (TPSA) is 71.1 Å². The van der Waals surface area contributed by atoms with E-state index in [2.05, 4.69) is 0 Å². The first-order valence-corrected chi connectivity index (χ1v) is 12.1. The largest absolute Gasteiger partial charge is 0.492 e. The molecular weight excluding hydrogens is 456 g/mol. The van der Waals surface area contributed by atoms with Crippen molar-refractivity contribution >= 4 is 11.8 Å². The van der Waals surface area contributed by atoms with Crippen LogP contribution in [0, 0.1) is 0 Å². The highest BCUT2D eigenvalue weighted by Gasteiger charge is 2.35. The van der Waals surface area contributed by atoms with Crippen LogP contribution in [0.4, 0.5) is 0 Å². The maximum atomic E-state index is 12.4. The molecule has 6 heteroatoms. The van der Waals surface area contributed by atoms with Crippen molar-refractivity contribution in [3.05, 3.63) is 120 Å². The molecule has 0 aromatic heterocycles. The Morgan fingerprint density at radius 2 is 1.31 bits per heavy atom. The van der Waals surface area contributed by atoms with Crippen molar-refractivity contribution in [1.29, 1.82) is 0 Å². The molecule has 1 aliphatic heterocycles. The zero-order chi connectivity index (χ0) is 25.0. The number of ketones is 1. The van der Waals surface area contributed by atoms with Gasteiger partial charge in [0.1, 0.15) is 18.8 Å². The molecule has 3 aromatic carbocycles. The maximum Gasteiger partial charge on any atom is 0.306 e. The zero-order valence-corrected chi connectivity index (χ0v) is 20.0. The summed E-state index contributed by atoms with van der Waals surface area (Å²) in [5.74, 6) is -0.552. The minimum absolute atomic E-state index is 0.000236. The second-order valence-corrected chi connectivity index (χ2v) is 8.50. The molecule has 0 radical (unpaired) electrons. The van der Waals surface area contributed by atoms with Crippen LogP contribution in [0.5, 0.6) is 0 Å². The lowest BCUT2D eigenvalue weighted by molar-refractivity contribution is -0.163. The van der Waals surface area contributed by atoms with Crippen molar-refractivity contribution in [1.82, 2.24) is 0 Å². The fourth-order valence-electron chi connectivity index (χ4n) is 3.87. The molecule has 0 saturated heterocycles. The molecule has 3 aromatic rings. The highest BCUT2D eigenvalue weighted by molar-refractivity contribution is 5.97. The predicted molar refractivity (Wildman–Crippen MR) is 135 cm³/mol. The van der Waals surface area contributed by atoms with E-state index in [0.717, 1.165) is 11.1 Å². The van der Waals surface area contributed by atoms with Crippen molar-refractivity contribution in [3.63, 3.8) is 0 Å². The van der Waals surface area contributed by atoms with E-state index >= 15 is 0 Å². The van der Waals surface area contributed by atoms with Crippen molar-refractivity contribution in [2.45, 2.75) is 44.4 Å². The Bertz CT molecular complexity index is 1110. The van der Waals surface area contributed by atoms with E-state index in [0.29, 0.717) is 18.8 Å². The Kier molecular flexibility index (Phi) is 9.42. The lowest BCUT2D eigenvalue weighted by Gasteiger charge is -2.34. The molecule has 0 bridgehead atoms. The highest BCUT2D eigenvalue weighted by Crippen LogP contribution is 2.22. The number of rotatable bonds is 12.